The Morgan fingerprint density at radius 2 is 1.82 bits per heavy atom. The van der Waals surface area contributed by atoms with E-state index in [0.29, 0.717) is 12.8 Å². The molecule has 3 atom stereocenters. The van der Waals surface area contributed by atoms with Crippen molar-refractivity contribution in [1.82, 2.24) is 0 Å². The van der Waals surface area contributed by atoms with Crippen molar-refractivity contribution < 1.29 is 23.7 Å². The highest BCUT2D eigenvalue weighted by molar-refractivity contribution is 5.84. The van der Waals surface area contributed by atoms with Crippen LogP contribution < -0.4 is 0 Å². The maximum absolute atomic E-state index is 11.8. The molecule has 0 amide bonds. The second-order valence-corrected chi connectivity index (χ2v) is 7.75. The lowest BCUT2D eigenvalue weighted by molar-refractivity contribution is -0.249. The summed E-state index contributed by atoms with van der Waals surface area (Å²) in [4.78, 5) is 11.8. The quantitative estimate of drug-likeness (QED) is 0.455. The zero-order valence-electron chi connectivity index (χ0n) is 14.3. The van der Waals surface area contributed by atoms with Crippen molar-refractivity contribution in [2.75, 3.05) is 14.2 Å². The van der Waals surface area contributed by atoms with Crippen LogP contribution in [0, 0.1) is 5.41 Å². The molecule has 0 N–H and O–H groups in total. The van der Waals surface area contributed by atoms with Gasteiger partial charge >= 0.3 is 5.97 Å². The summed E-state index contributed by atoms with van der Waals surface area (Å²) in [6.07, 6.45) is 3.36. The Morgan fingerprint density at radius 1 is 1.18 bits per heavy atom. The number of carbonyl (C=O) groups is 1. The Labute approximate surface area is 131 Å². The minimum absolute atomic E-state index is 0.241. The van der Waals surface area contributed by atoms with Gasteiger partial charge in [0.05, 0.1) is 0 Å². The number of hydrogen-bond donors (Lipinski definition) is 0. The number of carbonyl (C=O) groups excluding carboxylic acids is 1. The largest absolute Gasteiger partial charge is 0.456 e. The van der Waals surface area contributed by atoms with Gasteiger partial charge in [0.2, 0.25) is 0 Å². The third-order valence-electron chi connectivity index (χ3n) is 5.78. The first-order chi connectivity index (χ1) is 10.1. The standard InChI is InChI=1S/C17H26O5/c1-11-7-12(21-13(18)8-11)17-14(2,3)9-16(19-5,20-6)10-15(17,4)22-17/h8,12H,7,9-10H2,1-6H3. The van der Waals surface area contributed by atoms with E-state index in [-0.39, 0.29) is 17.5 Å². The van der Waals surface area contributed by atoms with Crippen molar-refractivity contribution in [2.24, 2.45) is 5.41 Å². The molecule has 1 saturated heterocycles. The first-order valence-corrected chi connectivity index (χ1v) is 7.82. The van der Waals surface area contributed by atoms with E-state index in [9.17, 15) is 4.79 Å². The summed E-state index contributed by atoms with van der Waals surface area (Å²) in [6.45, 7) is 8.33. The highest BCUT2D eigenvalue weighted by atomic mass is 16.7. The lowest BCUT2D eigenvalue weighted by Crippen LogP contribution is -2.60. The summed E-state index contributed by atoms with van der Waals surface area (Å²) in [5.74, 6) is -0.922. The van der Waals surface area contributed by atoms with Crippen LogP contribution in [0.2, 0.25) is 0 Å². The van der Waals surface area contributed by atoms with E-state index in [1.54, 1.807) is 20.3 Å². The fourth-order valence-electron chi connectivity index (χ4n) is 4.94. The fraction of sp³-hybridized carbons (Fsp3) is 0.824. The Balaban J connectivity index is 1.96. The van der Waals surface area contributed by atoms with Crippen molar-refractivity contribution in [3.63, 3.8) is 0 Å². The highest BCUT2D eigenvalue weighted by Gasteiger charge is 2.82. The number of epoxide rings is 1. The summed E-state index contributed by atoms with van der Waals surface area (Å²) < 4.78 is 23.3. The molecule has 0 aromatic heterocycles. The SMILES string of the molecule is COC1(OC)CC(C)(C)C2(C3CC(C)=CC(=O)O3)OC2(C)C1. The molecule has 3 rings (SSSR count). The predicted molar refractivity (Wildman–Crippen MR) is 80.2 cm³/mol. The van der Waals surface area contributed by atoms with Crippen LogP contribution in [0.4, 0.5) is 0 Å². The summed E-state index contributed by atoms with van der Waals surface area (Å²) in [5, 5.41) is 0. The van der Waals surface area contributed by atoms with Crippen molar-refractivity contribution in [1.29, 1.82) is 0 Å². The molecule has 2 fully saturated rings. The molecule has 124 valence electrons. The van der Waals surface area contributed by atoms with Gasteiger partial charge in [0.25, 0.3) is 0 Å². The number of fused-ring (bicyclic) bond motifs is 1. The van der Waals surface area contributed by atoms with Gasteiger partial charge in [-0.25, -0.2) is 4.79 Å². The molecule has 3 unspecified atom stereocenters. The molecule has 0 radical (unpaired) electrons. The van der Waals surface area contributed by atoms with Gasteiger partial charge in [-0.15, -0.1) is 0 Å². The van der Waals surface area contributed by atoms with Crippen LogP contribution in [0.3, 0.4) is 0 Å². The second kappa shape index (κ2) is 4.56. The van der Waals surface area contributed by atoms with E-state index >= 15 is 0 Å². The molecule has 2 heterocycles. The maximum Gasteiger partial charge on any atom is 0.331 e. The molecule has 5 nitrogen and oxygen atoms in total. The molecular formula is C17H26O5. The molecule has 0 aromatic carbocycles. The lowest BCUT2D eigenvalue weighted by Gasteiger charge is -2.49. The van der Waals surface area contributed by atoms with Crippen molar-refractivity contribution in [3.8, 4) is 0 Å². The van der Waals surface area contributed by atoms with E-state index in [1.165, 1.54) is 0 Å². The van der Waals surface area contributed by atoms with Crippen molar-refractivity contribution in [2.45, 2.75) is 70.1 Å². The van der Waals surface area contributed by atoms with Crippen LogP contribution in [0.25, 0.3) is 0 Å². The molecule has 1 saturated carbocycles. The normalized spacial score (nSPS) is 42.2. The molecule has 2 aliphatic heterocycles. The lowest BCUT2D eigenvalue weighted by atomic mass is 9.59. The third kappa shape index (κ3) is 1.92. The van der Waals surface area contributed by atoms with Crippen LogP contribution in [-0.4, -0.2) is 43.3 Å². The molecule has 22 heavy (non-hydrogen) atoms. The summed E-state index contributed by atoms with van der Waals surface area (Å²) in [6, 6.07) is 0. The topological polar surface area (TPSA) is 57.3 Å². The van der Waals surface area contributed by atoms with Crippen LogP contribution in [0.1, 0.15) is 47.0 Å². The van der Waals surface area contributed by atoms with E-state index in [1.807, 2.05) is 6.92 Å². The van der Waals surface area contributed by atoms with Crippen LogP contribution in [-0.2, 0) is 23.7 Å². The Hall–Kier alpha value is -0.910. The zero-order chi connectivity index (χ0) is 16.4. The average molecular weight is 310 g/mol. The highest BCUT2D eigenvalue weighted by Crippen LogP contribution is 2.70. The Bertz CT molecular complexity index is 533. The number of ether oxygens (including phenoxy) is 4. The van der Waals surface area contributed by atoms with Gasteiger partial charge in [-0.3, -0.25) is 0 Å². The number of methoxy groups -OCH3 is 2. The molecule has 0 aromatic rings. The van der Waals surface area contributed by atoms with Crippen LogP contribution >= 0.6 is 0 Å². The number of rotatable bonds is 3. The number of hydrogen-bond acceptors (Lipinski definition) is 5. The van der Waals surface area contributed by atoms with Crippen molar-refractivity contribution in [3.05, 3.63) is 11.6 Å². The smallest absolute Gasteiger partial charge is 0.331 e. The van der Waals surface area contributed by atoms with E-state index in [2.05, 4.69) is 20.8 Å². The Kier molecular flexibility index (Phi) is 3.31. The summed E-state index contributed by atoms with van der Waals surface area (Å²) in [7, 11) is 3.34. The van der Waals surface area contributed by atoms with Gasteiger partial charge in [0.15, 0.2) is 5.79 Å². The molecule has 1 aliphatic carbocycles. The third-order valence-corrected chi connectivity index (χ3v) is 5.78. The average Bonchev–Trinajstić information content (AvgIpc) is 3.05. The molecule has 5 heteroatoms. The monoisotopic (exact) mass is 310 g/mol. The predicted octanol–water partition coefficient (Wildman–Crippen LogP) is 2.59. The van der Waals surface area contributed by atoms with Crippen LogP contribution in [0.15, 0.2) is 11.6 Å². The van der Waals surface area contributed by atoms with Gasteiger partial charge in [-0.1, -0.05) is 19.4 Å². The van der Waals surface area contributed by atoms with Gasteiger partial charge in [-0.2, -0.15) is 0 Å². The van der Waals surface area contributed by atoms with E-state index in [4.69, 9.17) is 18.9 Å². The van der Waals surface area contributed by atoms with Crippen LogP contribution in [0.5, 0.6) is 0 Å². The van der Waals surface area contributed by atoms with Gasteiger partial charge in [-0.05, 0) is 13.8 Å². The number of esters is 1. The van der Waals surface area contributed by atoms with Gasteiger partial charge < -0.3 is 18.9 Å². The summed E-state index contributed by atoms with van der Waals surface area (Å²) >= 11 is 0. The molecule has 0 spiro atoms. The molecule has 0 bridgehead atoms. The summed E-state index contributed by atoms with van der Waals surface area (Å²) in [5.41, 5.74) is -0.0940. The van der Waals surface area contributed by atoms with Gasteiger partial charge in [0, 0.05) is 45.0 Å². The molecule has 3 aliphatic rings. The van der Waals surface area contributed by atoms with E-state index < -0.39 is 17.0 Å². The van der Waals surface area contributed by atoms with Crippen molar-refractivity contribution >= 4 is 5.97 Å². The first-order valence-electron chi connectivity index (χ1n) is 7.82. The van der Waals surface area contributed by atoms with Gasteiger partial charge in [0.1, 0.15) is 17.3 Å². The van der Waals surface area contributed by atoms with E-state index in [0.717, 1.165) is 12.0 Å². The fourth-order valence-corrected chi connectivity index (χ4v) is 4.94. The minimum Gasteiger partial charge on any atom is -0.456 e. The second-order valence-electron chi connectivity index (χ2n) is 7.75. The Morgan fingerprint density at radius 3 is 2.32 bits per heavy atom. The first kappa shape index (κ1) is 16.0. The zero-order valence-corrected chi connectivity index (χ0v) is 14.3. The molecular weight excluding hydrogens is 284 g/mol. The number of cyclic esters (lactones) is 1. The maximum atomic E-state index is 11.8. The minimum atomic E-state index is -0.651.